The van der Waals surface area contributed by atoms with E-state index < -0.39 is 0 Å². The lowest BCUT2D eigenvalue weighted by Gasteiger charge is -2.20. The summed E-state index contributed by atoms with van der Waals surface area (Å²) in [6, 6.07) is 13.1. The molecule has 1 aromatic carbocycles. The molecule has 2 amide bonds. The van der Waals surface area contributed by atoms with Gasteiger partial charge in [0.25, 0.3) is 5.91 Å². The second-order valence-electron chi connectivity index (χ2n) is 5.21. The van der Waals surface area contributed by atoms with Crippen LogP contribution in [0.4, 0.5) is 0 Å². The number of carbonyl (C=O) groups is 2. The molecular weight excluding hydrogens is 308 g/mol. The molecule has 4 nitrogen and oxygen atoms in total. The molecule has 0 atom stereocenters. The van der Waals surface area contributed by atoms with Crippen molar-refractivity contribution in [2.45, 2.75) is 26.3 Å². The van der Waals surface area contributed by atoms with E-state index in [0.717, 1.165) is 0 Å². The largest absolute Gasteiger partial charge is 0.352 e. The van der Waals surface area contributed by atoms with Crippen LogP contribution in [0.3, 0.4) is 0 Å². The minimum Gasteiger partial charge on any atom is -0.352 e. The number of benzene rings is 1. The van der Waals surface area contributed by atoms with Gasteiger partial charge in [0.1, 0.15) is 0 Å². The standard InChI is InChI=1S/C18H22N2O2S/c1-2-20(14-16-10-7-13-23-16)17(21)11-6-12-19-18(22)15-8-4-3-5-9-15/h3-5,7-10,13H,2,6,11-12,14H2,1H3,(H,19,22). The molecular formula is C18H22N2O2S. The quantitative estimate of drug-likeness (QED) is 0.755. The van der Waals surface area contributed by atoms with Crippen LogP contribution in [-0.4, -0.2) is 29.8 Å². The van der Waals surface area contributed by atoms with Gasteiger partial charge in [-0.2, -0.15) is 0 Å². The Bertz CT molecular complexity index is 611. The average Bonchev–Trinajstić information content (AvgIpc) is 3.10. The number of hydrogen-bond donors (Lipinski definition) is 1. The van der Waals surface area contributed by atoms with Gasteiger partial charge in [0.15, 0.2) is 0 Å². The lowest BCUT2D eigenvalue weighted by atomic mass is 10.2. The predicted molar refractivity (Wildman–Crippen MR) is 93.4 cm³/mol. The molecule has 122 valence electrons. The number of hydrogen-bond acceptors (Lipinski definition) is 3. The molecule has 0 spiro atoms. The van der Waals surface area contributed by atoms with Crippen molar-refractivity contribution in [3.05, 3.63) is 58.3 Å². The highest BCUT2D eigenvalue weighted by Crippen LogP contribution is 2.12. The lowest BCUT2D eigenvalue weighted by Crippen LogP contribution is -2.31. The van der Waals surface area contributed by atoms with E-state index in [9.17, 15) is 9.59 Å². The molecule has 0 unspecified atom stereocenters. The van der Waals surface area contributed by atoms with E-state index in [1.54, 1.807) is 23.5 Å². The SMILES string of the molecule is CCN(Cc1cccs1)C(=O)CCCNC(=O)c1ccccc1. The van der Waals surface area contributed by atoms with Gasteiger partial charge < -0.3 is 10.2 Å². The van der Waals surface area contributed by atoms with E-state index in [1.165, 1.54) is 4.88 Å². The first kappa shape index (κ1) is 17.2. The fourth-order valence-corrected chi connectivity index (χ4v) is 2.98. The Morgan fingerprint density at radius 3 is 2.57 bits per heavy atom. The van der Waals surface area contributed by atoms with Gasteiger partial charge in [-0.15, -0.1) is 11.3 Å². The van der Waals surface area contributed by atoms with Crippen molar-refractivity contribution >= 4 is 23.2 Å². The zero-order chi connectivity index (χ0) is 16.5. The van der Waals surface area contributed by atoms with Crippen molar-refractivity contribution in [2.24, 2.45) is 0 Å². The van der Waals surface area contributed by atoms with Crippen molar-refractivity contribution in [3.63, 3.8) is 0 Å². The van der Waals surface area contributed by atoms with Crippen molar-refractivity contribution in [2.75, 3.05) is 13.1 Å². The lowest BCUT2D eigenvalue weighted by molar-refractivity contribution is -0.131. The van der Waals surface area contributed by atoms with Crippen molar-refractivity contribution in [1.82, 2.24) is 10.2 Å². The zero-order valence-corrected chi connectivity index (χ0v) is 14.1. The highest BCUT2D eigenvalue weighted by Gasteiger charge is 2.12. The van der Waals surface area contributed by atoms with Gasteiger partial charge >= 0.3 is 0 Å². The second-order valence-corrected chi connectivity index (χ2v) is 6.25. The van der Waals surface area contributed by atoms with E-state index >= 15 is 0 Å². The molecule has 0 aliphatic rings. The molecule has 0 aliphatic heterocycles. The summed E-state index contributed by atoms with van der Waals surface area (Å²) in [7, 11) is 0. The second kappa shape index (κ2) is 9.10. The summed E-state index contributed by atoms with van der Waals surface area (Å²) >= 11 is 1.66. The topological polar surface area (TPSA) is 49.4 Å². The Morgan fingerprint density at radius 1 is 1.13 bits per heavy atom. The molecule has 0 fully saturated rings. The molecule has 1 aromatic heterocycles. The molecule has 2 rings (SSSR count). The number of nitrogens with one attached hydrogen (secondary N) is 1. The molecule has 1 N–H and O–H groups in total. The third-order valence-corrected chi connectivity index (χ3v) is 4.41. The Labute approximate surface area is 141 Å². The normalized spacial score (nSPS) is 10.3. The van der Waals surface area contributed by atoms with Crippen LogP contribution in [0.25, 0.3) is 0 Å². The maximum atomic E-state index is 12.2. The third-order valence-electron chi connectivity index (χ3n) is 3.55. The van der Waals surface area contributed by atoms with E-state index in [4.69, 9.17) is 0 Å². The van der Waals surface area contributed by atoms with E-state index in [2.05, 4.69) is 5.32 Å². The van der Waals surface area contributed by atoms with Gasteiger partial charge in [0.2, 0.25) is 5.91 Å². The zero-order valence-electron chi connectivity index (χ0n) is 13.3. The summed E-state index contributed by atoms with van der Waals surface area (Å²) in [5.41, 5.74) is 0.645. The van der Waals surface area contributed by atoms with Gasteiger partial charge in [-0.1, -0.05) is 24.3 Å². The summed E-state index contributed by atoms with van der Waals surface area (Å²) in [5, 5.41) is 4.87. The highest BCUT2D eigenvalue weighted by molar-refractivity contribution is 7.09. The summed E-state index contributed by atoms with van der Waals surface area (Å²) < 4.78 is 0. The number of thiophene rings is 1. The first-order valence-corrected chi connectivity index (χ1v) is 8.72. The maximum Gasteiger partial charge on any atom is 0.251 e. The first-order chi connectivity index (χ1) is 11.2. The molecule has 1 heterocycles. The number of amides is 2. The van der Waals surface area contributed by atoms with Gasteiger partial charge in [-0.3, -0.25) is 9.59 Å². The molecule has 2 aromatic rings. The van der Waals surface area contributed by atoms with Crippen molar-refractivity contribution in [1.29, 1.82) is 0 Å². The molecule has 0 saturated heterocycles. The smallest absolute Gasteiger partial charge is 0.251 e. The monoisotopic (exact) mass is 330 g/mol. The average molecular weight is 330 g/mol. The van der Waals surface area contributed by atoms with Crippen LogP contribution in [-0.2, 0) is 11.3 Å². The first-order valence-electron chi connectivity index (χ1n) is 7.84. The van der Waals surface area contributed by atoms with Crippen LogP contribution in [0.2, 0.25) is 0 Å². The van der Waals surface area contributed by atoms with Crippen molar-refractivity contribution in [3.8, 4) is 0 Å². The Hall–Kier alpha value is -2.14. The molecule has 5 heteroatoms. The summed E-state index contributed by atoms with van der Waals surface area (Å²) in [5.74, 6) is 0.0406. The Kier molecular flexibility index (Phi) is 6.81. The van der Waals surface area contributed by atoms with E-state index in [-0.39, 0.29) is 11.8 Å². The van der Waals surface area contributed by atoms with Crippen LogP contribution in [0, 0.1) is 0 Å². The number of carbonyl (C=O) groups excluding carboxylic acids is 2. The molecule has 0 aliphatic carbocycles. The van der Waals surface area contributed by atoms with E-state index in [1.807, 2.05) is 47.5 Å². The summed E-state index contributed by atoms with van der Waals surface area (Å²) in [6.45, 7) is 3.87. The minimum atomic E-state index is -0.0935. The Balaban J connectivity index is 1.70. The predicted octanol–water partition coefficient (Wildman–Crippen LogP) is 3.31. The van der Waals surface area contributed by atoms with E-state index in [0.29, 0.717) is 38.0 Å². The van der Waals surface area contributed by atoms with Crippen LogP contribution in [0.15, 0.2) is 47.8 Å². The van der Waals surface area contributed by atoms with Gasteiger partial charge in [-0.25, -0.2) is 0 Å². The fourth-order valence-electron chi connectivity index (χ4n) is 2.26. The summed E-state index contributed by atoms with van der Waals surface area (Å²) in [4.78, 5) is 27.2. The van der Waals surface area contributed by atoms with Gasteiger partial charge in [0, 0.05) is 30.0 Å². The van der Waals surface area contributed by atoms with Crippen molar-refractivity contribution < 1.29 is 9.59 Å². The van der Waals surface area contributed by atoms with Gasteiger partial charge in [-0.05, 0) is 36.9 Å². The maximum absolute atomic E-state index is 12.2. The summed E-state index contributed by atoms with van der Waals surface area (Å²) in [6.07, 6.45) is 1.10. The molecule has 0 radical (unpaired) electrons. The minimum absolute atomic E-state index is 0.0935. The number of rotatable bonds is 8. The number of nitrogens with zero attached hydrogens (tertiary/aromatic N) is 1. The third kappa shape index (κ3) is 5.53. The fraction of sp³-hybridized carbons (Fsp3) is 0.333. The highest BCUT2D eigenvalue weighted by atomic mass is 32.1. The molecule has 23 heavy (non-hydrogen) atoms. The Morgan fingerprint density at radius 2 is 1.91 bits per heavy atom. The van der Waals surface area contributed by atoms with Gasteiger partial charge in [0.05, 0.1) is 6.54 Å². The van der Waals surface area contributed by atoms with Crippen LogP contribution in [0.5, 0.6) is 0 Å². The van der Waals surface area contributed by atoms with Crippen LogP contribution in [0.1, 0.15) is 35.0 Å². The molecule has 0 bridgehead atoms. The van der Waals surface area contributed by atoms with Crippen LogP contribution >= 0.6 is 11.3 Å². The molecule has 0 saturated carbocycles. The van der Waals surface area contributed by atoms with Crippen LogP contribution < -0.4 is 5.32 Å².